The molecule has 1 heterocycles. The number of carbonyl (C=O) groups is 1. The van der Waals surface area contributed by atoms with Gasteiger partial charge in [0, 0.05) is 24.8 Å². The molecule has 1 atom stereocenters. The van der Waals surface area contributed by atoms with Gasteiger partial charge < -0.3 is 10.4 Å². The van der Waals surface area contributed by atoms with Crippen LogP contribution in [0.4, 0.5) is 0 Å². The van der Waals surface area contributed by atoms with E-state index in [-0.39, 0.29) is 5.91 Å². The van der Waals surface area contributed by atoms with Gasteiger partial charge in [-0.1, -0.05) is 30.3 Å². The molecule has 1 aromatic heterocycles. The smallest absolute Gasteiger partial charge is 0.251 e. The number of hydrogen-bond acceptors (Lipinski definition) is 3. The predicted octanol–water partition coefficient (Wildman–Crippen LogP) is 3.73. The van der Waals surface area contributed by atoms with Gasteiger partial charge in [-0.15, -0.1) is 0 Å². The molecular weight excluding hydrogens is 338 g/mol. The molecule has 0 saturated heterocycles. The lowest BCUT2D eigenvalue weighted by Gasteiger charge is -2.09. The summed E-state index contributed by atoms with van der Waals surface area (Å²) in [4.78, 5) is 12.3. The van der Waals surface area contributed by atoms with E-state index in [0.717, 1.165) is 35.2 Å². The lowest BCUT2D eigenvalue weighted by atomic mass is 10.00. The highest BCUT2D eigenvalue weighted by Gasteiger charge is 2.07. The van der Waals surface area contributed by atoms with Crippen molar-refractivity contribution in [3.8, 4) is 11.1 Å². The van der Waals surface area contributed by atoms with E-state index in [1.54, 1.807) is 6.92 Å². The summed E-state index contributed by atoms with van der Waals surface area (Å²) in [5.74, 6) is -0.0732. The fourth-order valence-electron chi connectivity index (χ4n) is 2.93. The van der Waals surface area contributed by atoms with Crippen molar-refractivity contribution < 1.29 is 9.90 Å². The van der Waals surface area contributed by atoms with Crippen molar-refractivity contribution in [2.45, 2.75) is 32.9 Å². The van der Waals surface area contributed by atoms with E-state index >= 15 is 0 Å². The van der Waals surface area contributed by atoms with E-state index in [0.29, 0.717) is 12.1 Å². The second-order valence-corrected chi connectivity index (χ2v) is 6.77. The molecule has 2 N–H and O–H groups in total. The SMILES string of the molecule is Cc1cnn(CCCNC(=O)c2ccc(-c3cccc(C(C)O)c3)cc2)c1. The molecule has 0 radical (unpaired) electrons. The highest BCUT2D eigenvalue weighted by molar-refractivity contribution is 5.94. The minimum absolute atomic E-state index is 0.0732. The average Bonchev–Trinajstić information content (AvgIpc) is 3.10. The van der Waals surface area contributed by atoms with E-state index in [1.807, 2.05) is 72.5 Å². The first-order valence-electron chi connectivity index (χ1n) is 9.18. The zero-order valence-corrected chi connectivity index (χ0v) is 15.7. The Hall–Kier alpha value is -2.92. The Bertz CT molecular complexity index is 898. The van der Waals surface area contributed by atoms with Gasteiger partial charge in [0.15, 0.2) is 0 Å². The van der Waals surface area contributed by atoms with Crippen molar-refractivity contribution in [1.82, 2.24) is 15.1 Å². The van der Waals surface area contributed by atoms with Crippen LogP contribution in [0.25, 0.3) is 11.1 Å². The highest BCUT2D eigenvalue weighted by Crippen LogP contribution is 2.23. The number of benzene rings is 2. The van der Waals surface area contributed by atoms with Gasteiger partial charge in [0.25, 0.3) is 5.91 Å². The van der Waals surface area contributed by atoms with Gasteiger partial charge >= 0.3 is 0 Å². The van der Waals surface area contributed by atoms with E-state index in [2.05, 4.69) is 10.4 Å². The van der Waals surface area contributed by atoms with Crippen molar-refractivity contribution in [2.24, 2.45) is 0 Å². The van der Waals surface area contributed by atoms with Gasteiger partial charge in [-0.2, -0.15) is 5.10 Å². The van der Waals surface area contributed by atoms with Crippen LogP contribution in [0.2, 0.25) is 0 Å². The Kier molecular flexibility index (Phi) is 6.04. The van der Waals surface area contributed by atoms with Gasteiger partial charge in [0.1, 0.15) is 0 Å². The number of amides is 1. The van der Waals surface area contributed by atoms with E-state index in [1.165, 1.54) is 0 Å². The number of aliphatic hydroxyl groups is 1. The number of aromatic nitrogens is 2. The highest BCUT2D eigenvalue weighted by atomic mass is 16.3. The zero-order valence-electron chi connectivity index (χ0n) is 15.7. The summed E-state index contributed by atoms with van der Waals surface area (Å²) in [5, 5.41) is 16.9. The first kappa shape index (κ1) is 18.9. The Morgan fingerprint density at radius 3 is 2.63 bits per heavy atom. The largest absolute Gasteiger partial charge is 0.389 e. The summed E-state index contributed by atoms with van der Waals surface area (Å²) in [6.45, 7) is 5.15. The van der Waals surface area contributed by atoms with Crippen molar-refractivity contribution in [2.75, 3.05) is 6.54 Å². The van der Waals surface area contributed by atoms with Crippen molar-refractivity contribution in [1.29, 1.82) is 0 Å². The van der Waals surface area contributed by atoms with Crippen LogP contribution < -0.4 is 5.32 Å². The second kappa shape index (κ2) is 8.64. The summed E-state index contributed by atoms with van der Waals surface area (Å²) >= 11 is 0. The average molecular weight is 363 g/mol. The summed E-state index contributed by atoms with van der Waals surface area (Å²) in [6.07, 6.45) is 4.15. The van der Waals surface area contributed by atoms with E-state index < -0.39 is 6.10 Å². The van der Waals surface area contributed by atoms with Crippen LogP contribution in [-0.4, -0.2) is 27.3 Å². The number of hydrogen-bond donors (Lipinski definition) is 2. The molecule has 5 nitrogen and oxygen atoms in total. The molecule has 0 aliphatic carbocycles. The van der Waals surface area contributed by atoms with Gasteiger partial charge in [-0.05, 0) is 60.7 Å². The zero-order chi connectivity index (χ0) is 19.2. The maximum Gasteiger partial charge on any atom is 0.251 e. The Balaban J connectivity index is 1.55. The van der Waals surface area contributed by atoms with Crippen LogP contribution >= 0.6 is 0 Å². The Morgan fingerprint density at radius 1 is 1.19 bits per heavy atom. The monoisotopic (exact) mass is 363 g/mol. The van der Waals surface area contributed by atoms with Gasteiger partial charge in [-0.25, -0.2) is 0 Å². The van der Waals surface area contributed by atoms with Crippen LogP contribution in [0, 0.1) is 6.92 Å². The van der Waals surface area contributed by atoms with Crippen LogP contribution in [0.5, 0.6) is 0 Å². The third kappa shape index (κ3) is 5.05. The third-order valence-corrected chi connectivity index (χ3v) is 4.46. The lowest BCUT2D eigenvalue weighted by Crippen LogP contribution is -2.25. The molecule has 1 amide bonds. The molecular formula is C22H25N3O2. The maximum atomic E-state index is 12.3. The van der Waals surface area contributed by atoms with Crippen LogP contribution in [0.15, 0.2) is 60.9 Å². The second-order valence-electron chi connectivity index (χ2n) is 6.77. The Morgan fingerprint density at radius 2 is 1.96 bits per heavy atom. The number of aryl methyl sites for hydroxylation is 2. The molecule has 0 aliphatic rings. The first-order chi connectivity index (χ1) is 13.0. The molecule has 3 rings (SSSR count). The molecule has 3 aromatic rings. The molecule has 0 saturated carbocycles. The van der Waals surface area contributed by atoms with Crippen LogP contribution in [-0.2, 0) is 6.54 Å². The molecule has 0 spiro atoms. The molecule has 2 aromatic carbocycles. The third-order valence-electron chi connectivity index (χ3n) is 4.46. The summed E-state index contributed by atoms with van der Waals surface area (Å²) < 4.78 is 1.89. The van der Waals surface area contributed by atoms with E-state index in [9.17, 15) is 9.90 Å². The van der Waals surface area contributed by atoms with Gasteiger partial charge in [0.2, 0.25) is 0 Å². The normalized spacial score (nSPS) is 12.0. The molecule has 1 unspecified atom stereocenters. The molecule has 0 aliphatic heterocycles. The van der Waals surface area contributed by atoms with Gasteiger partial charge in [0.05, 0.1) is 12.3 Å². The van der Waals surface area contributed by atoms with E-state index in [4.69, 9.17) is 0 Å². The summed E-state index contributed by atoms with van der Waals surface area (Å²) in [6, 6.07) is 15.3. The van der Waals surface area contributed by atoms with Crippen molar-refractivity contribution >= 4 is 5.91 Å². The van der Waals surface area contributed by atoms with Crippen LogP contribution in [0.1, 0.15) is 40.9 Å². The first-order valence-corrected chi connectivity index (χ1v) is 9.18. The number of carbonyl (C=O) groups excluding carboxylic acids is 1. The minimum atomic E-state index is -0.499. The fourth-order valence-corrected chi connectivity index (χ4v) is 2.93. The summed E-state index contributed by atoms with van der Waals surface area (Å²) in [5.41, 5.74) is 4.69. The van der Waals surface area contributed by atoms with Crippen molar-refractivity contribution in [3.63, 3.8) is 0 Å². The number of aliphatic hydroxyl groups excluding tert-OH is 1. The number of nitrogens with one attached hydrogen (secondary N) is 1. The van der Waals surface area contributed by atoms with Crippen molar-refractivity contribution in [3.05, 3.63) is 77.6 Å². The molecule has 0 fully saturated rings. The lowest BCUT2D eigenvalue weighted by molar-refractivity contribution is 0.0952. The summed E-state index contributed by atoms with van der Waals surface area (Å²) in [7, 11) is 0. The topological polar surface area (TPSA) is 67.2 Å². The maximum absolute atomic E-state index is 12.3. The number of rotatable bonds is 7. The molecule has 0 bridgehead atoms. The predicted molar refractivity (Wildman–Crippen MR) is 106 cm³/mol. The minimum Gasteiger partial charge on any atom is -0.389 e. The van der Waals surface area contributed by atoms with Crippen LogP contribution in [0.3, 0.4) is 0 Å². The number of nitrogens with zero attached hydrogens (tertiary/aromatic N) is 2. The molecule has 27 heavy (non-hydrogen) atoms. The molecule has 5 heteroatoms. The fraction of sp³-hybridized carbons (Fsp3) is 0.273. The molecule has 140 valence electrons. The quantitative estimate of drug-likeness (QED) is 0.629. The Labute approximate surface area is 159 Å². The van der Waals surface area contributed by atoms with Gasteiger partial charge in [-0.3, -0.25) is 9.48 Å². The standard InChI is InChI=1S/C22H25N3O2/c1-16-14-24-25(15-16)12-4-11-23-22(27)19-9-7-18(8-10-19)21-6-3-5-20(13-21)17(2)26/h3,5-10,13-15,17,26H,4,11-12H2,1-2H3,(H,23,27).